The molecular weight excluding hydrogens is 661 g/mol. The predicted octanol–water partition coefficient (Wildman–Crippen LogP) is 13.8. The Kier molecular flexibility index (Phi) is 6.29. The lowest BCUT2D eigenvalue weighted by atomic mass is 9.99. The zero-order valence-corrected chi connectivity index (χ0v) is 28.8. The molecule has 0 bridgehead atoms. The average Bonchev–Trinajstić information content (AvgIpc) is 3.89. The molecule has 5 heteroatoms. The summed E-state index contributed by atoms with van der Waals surface area (Å²) < 4.78 is 11.7. The number of fused-ring (bicyclic) bond motifs is 9. The normalized spacial score (nSPS) is 11.9. The summed E-state index contributed by atoms with van der Waals surface area (Å²) in [7, 11) is 0. The number of nitrogens with zero attached hydrogens (tertiary/aromatic N) is 2. The smallest absolute Gasteiger partial charge is 0.180 e. The van der Waals surface area contributed by atoms with Crippen molar-refractivity contribution in [1.82, 2.24) is 9.97 Å². The van der Waals surface area contributed by atoms with Gasteiger partial charge in [-0.05, 0) is 58.7 Å². The van der Waals surface area contributed by atoms with E-state index in [4.69, 9.17) is 14.4 Å². The van der Waals surface area contributed by atoms with Crippen molar-refractivity contribution >= 4 is 85.1 Å². The van der Waals surface area contributed by atoms with Gasteiger partial charge in [0.15, 0.2) is 11.4 Å². The summed E-state index contributed by atoms with van der Waals surface area (Å²) in [5.41, 5.74) is 9.78. The summed E-state index contributed by atoms with van der Waals surface area (Å²) in [5.74, 6) is 0.673. The van der Waals surface area contributed by atoms with Crippen LogP contribution in [-0.4, -0.2) is 9.97 Å². The molecule has 0 N–H and O–H groups in total. The molecule has 0 saturated carbocycles. The van der Waals surface area contributed by atoms with E-state index in [0.717, 1.165) is 44.4 Å². The van der Waals surface area contributed by atoms with E-state index in [2.05, 4.69) is 140 Å². The number of aromatic nitrogens is 2. The molecule has 238 valence electrons. The Hall–Kier alpha value is -6.14. The van der Waals surface area contributed by atoms with Crippen molar-refractivity contribution in [2.24, 2.45) is 0 Å². The van der Waals surface area contributed by atoms with Crippen molar-refractivity contribution in [3.8, 4) is 44.9 Å². The molecule has 4 aromatic heterocycles. The second-order valence-electron chi connectivity index (χ2n) is 12.9. The second-order valence-corrected chi connectivity index (χ2v) is 15.0. The SMILES string of the molecule is c1cc(-c2nc(-c3cccc(-c4cccc5c4sc4ccccc45)c3)c3oc4ccccc4c3n2)cc(-c2cccc3c2sc2ccccc23)c1. The molecular formula is C46H26N2OS2. The Morgan fingerprint density at radius 3 is 1.59 bits per heavy atom. The van der Waals surface area contributed by atoms with Gasteiger partial charge in [0.05, 0.1) is 0 Å². The van der Waals surface area contributed by atoms with Crippen LogP contribution >= 0.6 is 22.7 Å². The van der Waals surface area contributed by atoms with Crippen LogP contribution in [0, 0.1) is 0 Å². The molecule has 11 rings (SSSR count). The van der Waals surface area contributed by atoms with Gasteiger partial charge < -0.3 is 4.42 Å². The summed E-state index contributed by atoms with van der Waals surface area (Å²) in [6.07, 6.45) is 0. The van der Waals surface area contributed by atoms with Gasteiger partial charge in [0.1, 0.15) is 16.8 Å². The Bertz CT molecular complexity index is 3170. The van der Waals surface area contributed by atoms with Crippen LogP contribution in [0.2, 0.25) is 0 Å². The topological polar surface area (TPSA) is 38.9 Å². The fraction of sp³-hybridized carbons (Fsp3) is 0. The van der Waals surface area contributed by atoms with Crippen LogP contribution in [0.4, 0.5) is 0 Å². The number of thiophene rings is 2. The Morgan fingerprint density at radius 1 is 0.412 bits per heavy atom. The minimum Gasteiger partial charge on any atom is -0.452 e. The van der Waals surface area contributed by atoms with E-state index in [0.29, 0.717) is 11.4 Å². The van der Waals surface area contributed by atoms with Crippen molar-refractivity contribution in [2.45, 2.75) is 0 Å². The molecule has 0 saturated heterocycles. The Morgan fingerprint density at radius 2 is 0.922 bits per heavy atom. The van der Waals surface area contributed by atoms with Crippen LogP contribution in [0.5, 0.6) is 0 Å². The molecule has 0 atom stereocenters. The first kappa shape index (κ1) is 28.7. The van der Waals surface area contributed by atoms with Crippen molar-refractivity contribution in [3.05, 3.63) is 158 Å². The largest absolute Gasteiger partial charge is 0.452 e. The number of rotatable bonds is 4. The van der Waals surface area contributed by atoms with Gasteiger partial charge in [0, 0.05) is 56.9 Å². The van der Waals surface area contributed by atoms with Crippen molar-refractivity contribution in [1.29, 1.82) is 0 Å². The maximum atomic E-state index is 6.53. The summed E-state index contributed by atoms with van der Waals surface area (Å²) in [6, 6.07) is 56.0. The van der Waals surface area contributed by atoms with Crippen LogP contribution < -0.4 is 0 Å². The third kappa shape index (κ3) is 4.49. The minimum atomic E-state index is 0.673. The van der Waals surface area contributed by atoms with Gasteiger partial charge in [-0.15, -0.1) is 22.7 Å². The highest BCUT2D eigenvalue weighted by molar-refractivity contribution is 7.26. The summed E-state index contributed by atoms with van der Waals surface area (Å²) >= 11 is 3.69. The van der Waals surface area contributed by atoms with E-state index in [1.54, 1.807) is 0 Å². The van der Waals surface area contributed by atoms with Crippen LogP contribution in [0.3, 0.4) is 0 Å². The van der Waals surface area contributed by atoms with Gasteiger partial charge in [-0.1, -0.05) is 121 Å². The van der Waals surface area contributed by atoms with Crippen molar-refractivity contribution < 1.29 is 4.42 Å². The standard InChI is InChI=1S/C46H26N2OS2/c1-4-22-38-37(17-1)42-43(49-38)41(29-13-7-11-27(25-29)31-18-9-20-35-33-15-2-5-23-39(33)50-44(31)35)47-46(48-42)30-14-8-12-28(26-30)32-19-10-21-36-34-16-3-6-24-40(34)51-45(32)36/h1-26H. The molecule has 0 aliphatic carbocycles. The van der Waals surface area contributed by atoms with Crippen LogP contribution in [0.15, 0.2) is 162 Å². The van der Waals surface area contributed by atoms with E-state index >= 15 is 0 Å². The van der Waals surface area contributed by atoms with Gasteiger partial charge in [0.2, 0.25) is 0 Å². The van der Waals surface area contributed by atoms with E-state index in [9.17, 15) is 0 Å². The Balaban J connectivity index is 1.10. The zero-order valence-electron chi connectivity index (χ0n) is 27.1. The lowest BCUT2D eigenvalue weighted by Crippen LogP contribution is -1.94. The summed E-state index contributed by atoms with van der Waals surface area (Å²) in [5, 5.41) is 6.15. The van der Waals surface area contributed by atoms with Gasteiger partial charge >= 0.3 is 0 Å². The van der Waals surface area contributed by atoms with E-state index in [1.165, 1.54) is 51.5 Å². The average molecular weight is 687 g/mol. The van der Waals surface area contributed by atoms with E-state index < -0.39 is 0 Å². The molecule has 0 fully saturated rings. The second kappa shape index (κ2) is 11.2. The quantitative estimate of drug-likeness (QED) is 0.185. The van der Waals surface area contributed by atoms with Crippen LogP contribution in [0.25, 0.3) is 107 Å². The first-order chi connectivity index (χ1) is 25.3. The van der Waals surface area contributed by atoms with Crippen molar-refractivity contribution in [2.75, 3.05) is 0 Å². The number of furan rings is 1. The van der Waals surface area contributed by atoms with Crippen LogP contribution in [0.1, 0.15) is 0 Å². The molecule has 0 amide bonds. The maximum Gasteiger partial charge on any atom is 0.180 e. The highest BCUT2D eigenvalue weighted by Gasteiger charge is 2.20. The molecule has 3 nitrogen and oxygen atoms in total. The zero-order chi connectivity index (χ0) is 33.5. The van der Waals surface area contributed by atoms with Gasteiger partial charge in [-0.2, -0.15) is 0 Å². The third-order valence-corrected chi connectivity index (χ3v) is 12.3. The summed E-state index contributed by atoms with van der Waals surface area (Å²) in [6.45, 7) is 0. The third-order valence-electron chi connectivity index (χ3n) is 9.91. The fourth-order valence-corrected chi connectivity index (χ4v) is 10.0. The Labute approximate surface area is 300 Å². The molecule has 0 spiro atoms. The van der Waals surface area contributed by atoms with Gasteiger partial charge in [-0.25, -0.2) is 9.97 Å². The molecule has 4 heterocycles. The molecule has 0 unspecified atom stereocenters. The van der Waals surface area contributed by atoms with Gasteiger partial charge in [-0.3, -0.25) is 0 Å². The number of hydrogen-bond donors (Lipinski definition) is 0. The fourth-order valence-electron chi connectivity index (χ4n) is 7.52. The van der Waals surface area contributed by atoms with E-state index in [-0.39, 0.29) is 0 Å². The highest BCUT2D eigenvalue weighted by Crippen LogP contribution is 2.43. The monoisotopic (exact) mass is 686 g/mol. The van der Waals surface area contributed by atoms with Gasteiger partial charge in [0.25, 0.3) is 0 Å². The first-order valence-electron chi connectivity index (χ1n) is 17.0. The lowest BCUT2D eigenvalue weighted by Gasteiger charge is -2.10. The molecule has 0 aliphatic heterocycles. The molecule has 11 aromatic rings. The maximum absolute atomic E-state index is 6.53. The number of para-hydroxylation sites is 1. The minimum absolute atomic E-state index is 0.673. The van der Waals surface area contributed by atoms with Crippen molar-refractivity contribution in [3.63, 3.8) is 0 Å². The molecule has 51 heavy (non-hydrogen) atoms. The molecule has 7 aromatic carbocycles. The highest BCUT2D eigenvalue weighted by atomic mass is 32.1. The van der Waals surface area contributed by atoms with Crippen LogP contribution in [-0.2, 0) is 0 Å². The molecule has 0 aliphatic rings. The summed E-state index contributed by atoms with van der Waals surface area (Å²) in [4.78, 5) is 10.5. The van der Waals surface area contributed by atoms with E-state index in [1.807, 2.05) is 40.9 Å². The number of benzene rings is 7. The number of hydrogen-bond acceptors (Lipinski definition) is 5. The first-order valence-corrected chi connectivity index (χ1v) is 18.6. The predicted molar refractivity (Wildman–Crippen MR) is 217 cm³/mol. The lowest BCUT2D eigenvalue weighted by molar-refractivity contribution is 0.667. The molecule has 0 radical (unpaired) electrons.